The Kier molecular flexibility index (Phi) is 2.27. The standard InChI is InChI=1S/C7H8BrNO/c1-5-3-4-7(10-8)6(2)9-5/h3-4H,1-2H3. The third-order valence-corrected chi connectivity index (χ3v) is 1.61. The maximum absolute atomic E-state index is 4.85. The number of aromatic nitrogens is 1. The van der Waals surface area contributed by atoms with Crippen molar-refractivity contribution in [3.8, 4) is 5.75 Å². The van der Waals surface area contributed by atoms with Gasteiger partial charge in [-0.1, -0.05) is 0 Å². The van der Waals surface area contributed by atoms with Crippen molar-refractivity contribution in [2.45, 2.75) is 13.8 Å². The first-order chi connectivity index (χ1) is 4.74. The molecule has 1 rings (SSSR count). The molecule has 0 fully saturated rings. The topological polar surface area (TPSA) is 22.1 Å². The van der Waals surface area contributed by atoms with E-state index in [0.717, 1.165) is 17.1 Å². The highest BCUT2D eigenvalue weighted by Crippen LogP contribution is 2.16. The molecule has 10 heavy (non-hydrogen) atoms. The highest BCUT2D eigenvalue weighted by atomic mass is 79.9. The third-order valence-electron chi connectivity index (χ3n) is 1.26. The summed E-state index contributed by atoms with van der Waals surface area (Å²) in [5.41, 5.74) is 1.91. The molecule has 0 saturated carbocycles. The number of halogens is 1. The number of nitrogens with zero attached hydrogens (tertiary/aromatic N) is 1. The van der Waals surface area contributed by atoms with Crippen LogP contribution in [-0.4, -0.2) is 4.98 Å². The Morgan fingerprint density at radius 1 is 1.40 bits per heavy atom. The van der Waals surface area contributed by atoms with Crippen LogP contribution in [0.1, 0.15) is 11.4 Å². The van der Waals surface area contributed by atoms with Crippen LogP contribution in [0.3, 0.4) is 0 Å². The summed E-state index contributed by atoms with van der Waals surface area (Å²) in [4.78, 5) is 4.19. The minimum absolute atomic E-state index is 0.769. The average molecular weight is 202 g/mol. The van der Waals surface area contributed by atoms with E-state index in [1.807, 2.05) is 26.0 Å². The van der Waals surface area contributed by atoms with Crippen LogP contribution in [0.2, 0.25) is 0 Å². The quantitative estimate of drug-likeness (QED) is 0.697. The number of rotatable bonds is 1. The van der Waals surface area contributed by atoms with Gasteiger partial charge in [-0.25, -0.2) is 0 Å². The average Bonchev–Trinajstić information content (AvgIpc) is 1.88. The maximum atomic E-state index is 4.85. The summed E-state index contributed by atoms with van der Waals surface area (Å²) in [5, 5.41) is 0. The summed E-state index contributed by atoms with van der Waals surface area (Å²) in [6, 6.07) is 3.79. The van der Waals surface area contributed by atoms with E-state index in [4.69, 9.17) is 3.83 Å². The molecule has 0 aliphatic carbocycles. The van der Waals surface area contributed by atoms with E-state index in [-0.39, 0.29) is 0 Å². The number of pyridine rings is 1. The summed E-state index contributed by atoms with van der Waals surface area (Å²) in [7, 11) is 0. The summed E-state index contributed by atoms with van der Waals surface area (Å²) in [6.45, 7) is 3.86. The molecule has 0 N–H and O–H groups in total. The van der Waals surface area contributed by atoms with Crippen LogP contribution in [0.25, 0.3) is 0 Å². The SMILES string of the molecule is Cc1ccc(OBr)c(C)n1. The monoisotopic (exact) mass is 201 g/mol. The van der Waals surface area contributed by atoms with Gasteiger partial charge in [-0.2, -0.15) is 0 Å². The zero-order chi connectivity index (χ0) is 7.56. The van der Waals surface area contributed by atoms with Crippen molar-refractivity contribution >= 4 is 16.3 Å². The van der Waals surface area contributed by atoms with Gasteiger partial charge in [-0.3, -0.25) is 4.98 Å². The van der Waals surface area contributed by atoms with Crippen molar-refractivity contribution in [1.82, 2.24) is 4.98 Å². The highest BCUT2D eigenvalue weighted by Gasteiger charge is 1.97. The van der Waals surface area contributed by atoms with E-state index in [1.54, 1.807) is 0 Å². The van der Waals surface area contributed by atoms with E-state index in [2.05, 4.69) is 21.2 Å². The van der Waals surface area contributed by atoms with Gasteiger partial charge >= 0.3 is 0 Å². The number of hydrogen-bond donors (Lipinski definition) is 0. The minimum Gasteiger partial charge on any atom is -0.416 e. The Balaban J connectivity index is 3.07. The van der Waals surface area contributed by atoms with E-state index in [9.17, 15) is 0 Å². The molecule has 0 radical (unpaired) electrons. The summed E-state index contributed by atoms with van der Waals surface area (Å²) >= 11 is 2.89. The van der Waals surface area contributed by atoms with E-state index >= 15 is 0 Å². The van der Waals surface area contributed by atoms with Crippen molar-refractivity contribution < 1.29 is 3.83 Å². The van der Waals surface area contributed by atoms with Crippen molar-refractivity contribution in [1.29, 1.82) is 0 Å². The number of hydrogen-bond acceptors (Lipinski definition) is 2. The lowest BCUT2D eigenvalue weighted by Gasteiger charge is -2.00. The molecule has 1 aromatic rings. The van der Waals surface area contributed by atoms with Gasteiger partial charge < -0.3 is 3.83 Å². The fraction of sp³-hybridized carbons (Fsp3) is 0.286. The molecule has 0 amide bonds. The maximum Gasteiger partial charge on any atom is 0.179 e. The van der Waals surface area contributed by atoms with Gasteiger partial charge in [-0.15, -0.1) is 0 Å². The van der Waals surface area contributed by atoms with Crippen molar-refractivity contribution in [2.24, 2.45) is 0 Å². The minimum atomic E-state index is 0.769. The fourth-order valence-corrected chi connectivity index (χ4v) is 1.10. The summed E-state index contributed by atoms with van der Waals surface area (Å²) in [5.74, 6) is 0.769. The Bertz CT molecular complexity index is 237. The lowest BCUT2D eigenvalue weighted by Crippen LogP contribution is -1.87. The zero-order valence-corrected chi connectivity index (χ0v) is 7.47. The molecule has 1 heterocycles. The molecule has 0 aliphatic rings. The molecule has 0 atom stereocenters. The molecule has 1 aromatic heterocycles. The predicted molar refractivity (Wildman–Crippen MR) is 43.3 cm³/mol. The molecular formula is C7H8BrNO. The first kappa shape index (κ1) is 7.54. The fourth-order valence-electron chi connectivity index (χ4n) is 0.755. The zero-order valence-electron chi connectivity index (χ0n) is 5.89. The van der Waals surface area contributed by atoms with Gasteiger partial charge in [0, 0.05) is 5.69 Å². The molecule has 54 valence electrons. The van der Waals surface area contributed by atoms with Crippen LogP contribution in [0.15, 0.2) is 12.1 Å². The second kappa shape index (κ2) is 3.01. The molecule has 0 aliphatic heterocycles. The van der Waals surface area contributed by atoms with Crippen molar-refractivity contribution in [3.63, 3.8) is 0 Å². The Morgan fingerprint density at radius 3 is 2.60 bits per heavy atom. The van der Waals surface area contributed by atoms with Crippen LogP contribution >= 0.6 is 16.3 Å². The van der Waals surface area contributed by atoms with Gasteiger partial charge in [0.1, 0.15) is 0 Å². The smallest absolute Gasteiger partial charge is 0.179 e. The van der Waals surface area contributed by atoms with Crippen LogP contribution in [0.5, 0.6) is 5.75 Å². The molecular weight excluding hydrogens is 194 g/mol. The van der Waals surface area contributed by atoms with Crippen LogP contribution in [0, 0.1) is 13.8 Å². The Labute approximate surface area is 68.7 Å². The van der Waals surface area contributed by atoms with Gasteiger partial charge in [0.2, 0.25) is 0 Å². The predicted octanol–water partition coefficient (Wildman–Crippen LogP) is 2.39. The van der Waals surface area contributed by atoms with Gasteiger partial charge in [-0.05, 0) is 26.0 Å². The summed E-state index contributed by atoms with van der Waals surface area (Å²) < 4.78 is 4.85. The first-order valence-electron chi connectivity index (χ1n) is 2.97. The largest absolute Gasteiger partial charge is 0.416 e. The molecule has 0 bridgehead atoms. The van der Waals surface area contributed by atoms with Gasteiger partial charge in [0.05, 0.1) is 5.69 Å². The molecule has 0 spiro atoms. The second-order valence-corrected chi connectivity index (χ2v) is 2.44. The van der Waals surface area contributed by atoms with E-state index in [0.29, 0.717) is 0 Å². The summed E-state index contributed by atoms with van der Waals surface area (Å²) in [6.07, 6.45) is 0. The Hall–Kier alpha value is -0.570. The van der Waals surface area contributed by atoms with Crippen LogP contribution < -0.4 is 3.83 Å². The van der Waals surface area contributed by atoms with Crippen molar-refractivity contribution in [2.75, 3.05) is 0 Å². The van der Waals surface area contributed by atoms with E-state index < -0.39 is 0 Å². The van der Waals surface area contributed by atoms with Gasteiger partial charge in [0.25, 0.3) is 0 Å². The Morgan fingerprint density at radius 2 is 2.10 bits per heavy atom. The molecule has 0 unspecified atom stereocenters. The van der Waals surface area contributed by atoms with E-state index in [1.165, 1.54) is 0 Å². The molecule has 2 nitrogen and oxygen atoms in total. The van der Waals surface area contributed by atoms with Crippen LogP contribution in [0.4, 0.5) is 0 Å². The molecule has 0 aromatic carbocycles. The molecule has 3 heteroatoms. The lowest BCUT2D eigenvalue weighted by molar-refractivity contribution is 0.663. The van der Waals surface area contributed by atoms with Crippen molar-refractivity contribution in [3.05, 3.63) is 23.5 Å². The van der Waals surface area contributed by atoms with Gasteiger partial charge in [0.15, 0.2) is 22.0 Å². The first-order valence-corrected chi connectivity index (χ1v) is 3.61. The third kappa shape index (κ3) is 1.48. The normalized spacial score (nSPS) is 9.50. The highest BCUT2D eigenvalue weighted by molar-refractivity contribution is 9.06. The second-order valence-electron chi connectivity index (χ2n) is 2.11. The van der Waals surface area contributed by atoms with Crippen LogP contribution in [-0.2, 0) is 0 Å². The molecule has 0 saturated heterocycles. The number of aryl methyl sites for hydroxylation is 2. The lowest BCUT2D eigenvalue weighted by atomic mass is 10.3.